The van der Waals surface area contributed by atoms with Crippen LogP contribution < -0.4 is 5.32 Å². The van der Waals surface area contributed by atoms with E-state index in [0.717, 1.165) is 38.3 Å². The van der Waals surface area contributed by atoms with E-state index >= 15 is 0 Å². The summed E-state index contributed by atoms with van der Waals surface area (Å²) in [4.78, 5) is 0. The van der Waals surface area contributed by atoms with Crippen LogP contribution in [0.5, 0.6) is 0 Å². The second-order valence-electron chi connectivity index (χ2n) is 4.43. The zero-order valence-corrected chi connectivity index (χ0v) is 11.5. The highest BCUT2D eigenvalue weighted by molar-refractivity contribution is 5.10. The van der Waals surface area contributed by atoms with Gasteiger partial charge >= 0.3 is 0 Å². The molecule has 0 aliphatic heterocycles. The van der Waals surface area contributed by atoms with E-state index in [1.165, 1.54) is 5.69 Å². The number of likely N-dealkylation sites (N-methyl/N-ethyl adjacent to an activating group) is 1. The predicted molar refractivity (Wildman–Crippen MR) is 70.2 cm³/mol. The molecule has 0 spiro atoms. The Morgan fingerprint density at radius 2 is 2.24 bits per heavy atom. The molecule has 0 aromatic carbocycles. The maximum absolute atomic E-state index is 5.62. The fraction of sp³-hybridized carbons (Fsp3) is 0.769. The molecule has 1 aromatic rings. The average molecular weight is 239 g/mol. The quantitative estimate of drug-likeness (QED) is 0.701. The van der Waals surface area contributed by atoms with E-state index < -0.39 is 0 Å². The van der Waals surface area contributed by atoms with Crippen LogP contribution in [0.2, 0.25) is 0 Å². The first-order valence-corrected chi connectivity index (χ1v) is 6.48. The summed E-state index contributed by atoms with van der Waals surface area (Å²) < 4.78 is 7.58. The lowest BCUT2D eigenvalue weighted by atomic mass is 10.1. The molecular formula is C13H25N3O. The lowest BCUT2D eigenvalue weighted by molar-refractivity contribution is 0.111. The van der Waals surface area contributed by atoms with Gasteiger partial charge < -0.3 is 10.1 Å². The molecule has 1 heterocycles. The van der Waals surface area contributed by atoms with Gasteiger partial charge in [-0.25, -0.2) is 0 Å². The molecule has 0 amide bonds. The fourth-order valence-corrected chi connectivity index (χ4v) is 1.96. The number of aromatic nitrogens is 2. The van der Waals surface area contributed by atoms with Crippen LogP contribution in [0.4, 0.5) is 0 Å². The molecule has 4 nitrogen and oxygen atoms in total. The van der Waals surface area contributed by atoms with Gasteiger partial charge in [0.05, 0.1) is 12.3 Å². The summed E-state index contributed by atoms with van der Waals surface area (Å²) in [5.41, 5.74) is 2.33. The largest absolute Gasteiger partial charge is 0.380 e. The van der Waals surface area contributed by atoms with Crippen molar-refractivity contribution in [2.75, 3.05) is 19.8 Å². The van der Waals surface area contributed by atoms with Crippen molar-refractivity contribution in [3.05, 3.63) is 17.5 Å². The maximum atomic E-state index is 5.62. The molecule has 0 aliphatic carbocycles. The molecule has 1 rings (SSSR count). The van der Waals surface area contributed by atoms with E-state index in [1.807, 2.05) is 18.7 Å². The smallest absolute Gasteiger partial charge is 0.0623 e. The highest BCUT2D eigenvalue weighted by atomic mass is 16.5. The molecule has 98 valence electrons. The summed E-state index contributed by atoms with van der Waals surface area (Å²) >= 11 is 0. The van der Waals surface area contributed by atoms with Crippen LogP contribution in [0, 0.1) is 6.92 Å². The van der Waals surface area contributed by atoms with Gasteiger partial charge in [-0.15, -0.1) is 0 Å². The van der Waals surface area contributed by atoms with E-state index in [2.05, 4.69) is 30.3 Å². The van der Waals surface area contributed by atoms with Crippen LogP contribution in [-0.4, -0.2) is 35.6 Å². The number of nitrogens with zero attached hydrogens (tertiary/aromatic N) is 2. The molecule has 1 aromatic heterocycles. The number of aryl methyl sites for hydroxylation is 2. The van der Waals surface area contributed by atoms with Crippen LogP contribution >= 0.6 is 0 Å². The summed E-state index contributed by atoms with van der Waals surface area (Å²) in [6.07, 6.45) is 2.04. The Hall–Kier alpha value is -0.870. The molecule has 0 saturated heterocycles. The molecule has 0 saturated carbocycles. The number of nitrogens with one attached hydrogen (secondary N) is 1. The standard InChI is InChI=1S/C13H25N3O/c1-5-7-17-10-12(14-6-2)9-13-8-11(3)15-16(13)4/h8,12,14H,5-7,9-10H2,1-4H3. The van der Waals surface area contributed by atoms with E-state index in [4.69, 9.17) is 4.74 Å². The van der Waals surface area contributed by atoms with Crippen LogP contribution in [0.25, 0.3) is 0 Å². The zero-order chi connectivity index (χ0) is 12.7. The van der Waals surface area contributed by atoms with Gasteiger partial charge in [-0.3, -0.25) is 4.68 Å². The summed E-state index contributed by atoms with van der Waals surface area (Å²) in [6, 6.07) is 2.52. The van der Waals surface area contributed by atoms with Gasteiger partial charge in [0, 0.05) is 31.8 Å². The predicted octanol–water partition coefficient (Wildman–Crippen LogP) is 1.68. The van der Waals surface area contributed by atoms with Crippen molar-refractivity contribution in [3.8, 4) is 0 Å². The Kier molecular flexibility index (Phi) is 6.22. The number of ether oxygens (including phenoxy) is 1. The third kappa shape index (κ3) is 4.88. The first-order chi connectivity index (χ1) is 8.17. The molecule has 0 bridgehead atoms. The van der Waals surface area contributed by atoms with Crippen LogP contribution in [0.3, 0.4) is 0 Å². The lowest BCUT2D eigenvalue weighted by Gasteiger charge is -2.17. The van der Waals surface area contributed by atoms with Gasteiger partial charge in [-0.05, 0) is 26.0 Å². The molecule has 1 N–H and O–H groups in total. The minimum Gasteiger partial charge on any atom is -0.380 e. The first kappa shape index (κ1) is 14.2. The molecule has 17 heavy (non-hydrogen) atoms. The van der Waals surface area contributed by atoms with E-state index in [1.54, 1.807) is 0 Å². The van der Waals surface area contributed by atoms with Crippen molar-refractivity contribution in [3.63, 3.8) is 0 Å². The Morgan fingerprint density at radius 1 is 1.47 bits per heavy atom. The van der Waals surface area contributed by atoms with Crippen LogP contribution in [-0.2, 0) is 18.2 Å². The number of hydrogen-bond donors (Lipinski definition) is 1. The second kappa shape index (κ2) is 7.45. The Labute approximate surface area is 104 Å². The average Bonchev–Trinajstić information content (AvgIpc) is 2.58. The van der Waals surface area contributed by atoms with Gasteiger partial charge in [0.25, 0.3) is 0 Å². The maximum Gasteiger partial charge on any atom is 0.0623 e. The lowest BCUT2D eigenvalue weighted by Crippen LogP contribution is -2.36. The van der Waals surface area contributed by atoms with Crippen molar-refractivity contribution in [1.82, 2.24) is 15.1 Å². The van der Waals surface area contributed by atoms with Gasteiger partial charge in [0.2, 0.25) is 0 Å². The van der Waals surface area contributed by atoms with Gasteiger partial charge in [-0.2, -0.15) is 5.10 Å². The molecule has 1 atom stereocenters. The minimum absolute atomic E-state index is 0.376. The Balaban J connectivity index is 2.50. The summed E-state index contributed by atoms with van der Waals surface area (Å²) in [5.74, 6) is 0. The summed E-state index contributed by atoms with van der Waals surface area (Å²) in [5, 5.41) is 7.83. The molecule has 0 aliphatic rings. The fourth-order valence-electron chi connectivity index (χ4n) is 1.96. The van der Waals surface area contributed by atoms with E-state index in [9.17, 15) is 0 Å². The van der Waals surface area contributed by atoms with Gasteiger partial charge in [0.15, 0.2) is 0 Å². The Morgan fingerprint density at radius 3 is 2.76 bits per heavy atom. The van der Waals surface area contributed by atoms with Gasteiger partial charge in [-0.1, -0.05) is 13.8 Å². The number of hydrogen-bond acceptors (Lipinski definition) is 3. The second-order valence-corrected chi connectivity index (χ2v) is 4.43. The highest BCUT2D eigenvalue weighted by Crippen LogP contribution is 2.06. The first-order valence-electron chi connectivity index (χ1n) is 6.48. The number of rotatable bonds is 8. The Bertz CT molecular complexity index is 322. The van der Waals surface area contributed by atoms with Crippen LogP contribution in [0.1, 0.15) is 31.7 Å². The molecular weight excluding hydrogens is 214 g/mol. The molecule has 1 unspecified atom stereocenters. The molecule has 0 radical (unpaired) electrons. The van der Waals surface area contributed by atoms with Gasteiger partial charge in [0.1, 0.15) is 0 Å². The van der Waals surface area contributed by atoms with Crippen molar-refractivity contribution in [2.24, 2.45) is 7.05 Å². The SMILES string of the molecule is CCCOCC(Cc1cc(C)nn1C)NCC. The van der Waals surface area contributed by atoms with Crippen molar-refractivity contribution in [1.29, 1.82) is 0 Å². The topological polar surface area (TPSA) is 39.1 Å². The van der Waals surface area contributed by atoms with Crippen molar-refractivity contribution >= 4 is 0 Å². The molecule has 0 fully saturated rings. The minimum atomic E-state index is 0.376. The van der Waals surface area contributed by atoms with Crippen molar-refractivity contribution < 1.29 is 4.74 Å². The van der Waals surface area contributed by atoms with E-state index in [-0.39, 0.29) is 0 Å². The molecule has 4 heteroatoms. The van der Waals surface area contributed by atoms with Crippen LogP contribution in [0.15, 0.2) is 6.07 Å². The third-order valence-electron chi connectivity index (χ3n) is 2.71. The summed E-state index contributed by atoms with van der Waals surface area (Å²) in [7, 11) is 2.00. The monoisotopic (exact) mass is 239 g/mol. The van der Waals surface area contributed by atoms with Crippen molar-refractivity contribution in [2.45, 2.75) is 39.7 Å². The van der Waals surface area contributed by atoms with E-state index in [0.29, 0.717) is 6.04 Å². The summed E-state index contributed by atoms with van der Waals surface area (Å²) in [6.45, 7) is 8.86. The third-order valence-corrected chi connectivity index (χ3v) is 2.71. The normalized spacial score (nSPS) is 12.9. The zero-order valence-electron chi connectivity index (χ0n) is 11.5. The highest BCUT2D eigenvalue weighted by Gasteiger charge is 2.11.